The van der Waals surface area contributed by atoms with Crippen molar-refractivity contribution in [3.05, 3.63) is 76.8 Å². The highest BCUT2D eigenvalue weighted by Crippen LogP contribution is 2.26. The highest BCUT2D eigenvalue weighted by molar-refractivity contribution is 7.89. The molecule has 1 atom stereocenters. The fourth-order valence-corrected chi connectivity index (χ4v) is 6.00. The highest BCUT2D eigenvalue weighted by Gasteiger charge is 2.32. The van der Waals surface area contributed by atoms with Crippen molar-refractivity contribution in [2.24, 2.45) is 5.73 Å². The number of amidine groups is 1. The summed E-state index contributed by atoms with van der Waals surface area (Å²) < 4.78 is 32.8. The molecule has 4 rings (SSSR count). The number of fused-ring (bicyclic) bond motifs is 1. The fraction of sp³-hybridized carbons (Fsp3) is 0.269. The van der Waals surface area contributed by atoms with Crippen molar-refractivity contribution >= 4 is 50.1 Å². The van der Waals surface area contributed by atoms with Gasteiger partial charge in [0.25, 0.3) is 0 Å². The quantitative estimate of drug-likeness (QED) is 0.268. The summed E-state index contributed by atoms with van der Waals surface area (Å²) in [5.74, 6) is -1.75. The first-order valence-electron chi connectivity index (χ1n) is 11.6. The maximum absolute atomic E-state index is 13.3. The van der Waals surface area contributed by atoms with Crippen LogP contribution in [0.1, 0.15) is 23.5 Å². The number of hydrogen-bond acceptors (Lipinski definition) is 6. The number of carbonyl (C=O) groups is 2. The Balaban J connectivity index is 1.43. The molecule has 1 aliphatic heterocycles. The Morgan fingerprint density at radius 1 is 1.00 bits per heavy atom. The van der Waals surface area contributed by atoms with Gasteiger partial charge in [0.1, 0.15) is 5.84 Å². The monoisotopic (exact) mass is 542 g/mol. The Labute approximate surface area is 220 Å². The molecule has 1 fully saturated rings. The summed E-state index contributed by atoms with van der Waals surface area (Å²) in [6.07, 6.45) is -0.119. The first-order chi connectivity index (χ1) is 17.6. The first kappa shape index (κ1) is 26.6. The molecule has 1 unspecified atom stereocenters. The largest absolute Gasteiger partial charge is 0.469 e. The van der Waals surface area contributed by atoms with Crippen molar-refractivity contribution in [2.45, 2.75) is 17.2 Å². The molecule has 3 N–H and O–H groups in total. The Morgan fingerprint density at radius 3 is 2.24 bits per heavy atom. The predicted octanol–water partition coefficient (Wildman–Crippen LogP) is 2.96. The number of rotatable bonds is 7. The van der Waals surface area contributed by atoms with E-state index in [1.807, 2.05) is 0 Å². The van der Waals surface area contributed by atoms with Crippen LogP contribution in [0.2, 0.25) is 5.02 Å². The van der Waals surface area contributed by atoms with Crippen molar-refractivity contribution in [2.75, 3.05) is 33.3 Å². The Kier molecular flexibility index (Phi) is 7.82. The van der Waals surface area contributed by atoms with Gasteiger partial charge in [0, 0.05) is 43.2 Å². The molecule has 0 aromatic heterocycles. The molecule has 194 valence electrons. The maximum atomic E-state index is 13.3. The number of nitrogen functional groups attached to an aromatic ring is 1. The van der Waals surface area contributed by atoms with Gasteiger partial charge in [0.2, 0.25) is 15.9 Å². The molecule has 0 spiro atoms. The Hall–Kier alpha value is -3.47. The van der Waals surface area contributed by atoms with E-state index in [2.05, 4.69) is 0 Å². The number of esters is 1. The van der Waals surface area contributed by atoms with E-state index in [1.165, 1.54) is 11.4 Å². The van der Waals surface area contributed by atoms with E-state index >= 15 is 0 Å². The van der Waals surface area contributed by atoms with Gasteiger partial charge in [-0.25, -0.2) is 8.42 Å². The Bertz CT molecular complexity index is 1450. The van der Waals surface area contributed by atoms with Gasteiger partial charge in [-0.15, -0.1) is 0 Å². The lowest BCUT2D eigenvalue weighted by molar-refractivity contribution is -0.146. The molecule has 0 radical (unpaired) electrons. The van der Waals surface area contributed by atoms with Crippen LogP contribution in [0.25, 0.3) is 10.8 Å². The molecule has 37 heavy (non-hydrogen) atoms. The minimum atomic E-state index is -3.75. The van der Waals surface area contributed by atoms with Gasteiger partial charge in [0.15, 0.2) is 0 Å². The van der Waals surface area contributed by atoms with Gasteiger partial charge in [-0.3, -0.25) is 15.0 Å². The average molecular weight is 543 g/mol. The average Bonchev–Trinajstić information content (AvgIpc) is 2.90. The summed E-state index contributed by atoms with van der Waals surface area (Å²) >= 11 is 6.02. The highest BCUT2D eigenvalue weighted by atomic mass is 35.5. The zero-order valence-electron chi connectivity index (χ0n) is 20.2. The minimum Gasteiger partial charge on any atom is -0.469 e. The van der Waals surface area contributed by atoms with Gasteiger partial charge < -0.3 is 15.4 Å². The number of methoxy groups -OCH3 is 1. The van der Waals surface area contributed by atoms with Gasteiger partial charge in [-0.05, 0) is 40.6 Å². The number of amides is 1. The number of nitrogens with two attached hydrogens (primary N) is 1. The summed E-state index contributed by atoms with van der Waals surface area (Å²) in [6, 6.07) is 16.7. The number of benzene rings is 3. The van der Waals surface area contributed by atoms with E-state index in [0.29, 0.717) is 16.1 Å². The van der Waals surface area contributed by atoms with Gasteiger partial charge in [-0.2, -0.15) is 4.31 Å². The van der Waals surface area contributed by atoms with E-state index < -0.39 is 21.9 Å². The zero-order chi connectivity index (χ0) is 26.7. The van der Waals surface area contributed by atoms with Crippen LogP contribution in [0.3, 0.4) is 0 Å². The van der Waals surface area contributed by atoms with E-state index in [0.717, 1.165) is 10.8 Å². The third-order valence-electron chi connectivity index (χ3n) is 6.49. The van der Waals surface area contributed by atoms with Crippen molar-refractivity contribution in [1.29, 1.82) is 5.41 Å². The van der Waals surface area contributed by atoms with E-state index in [-0.39, 0.29) is 49.2 Å². The molecule has 1 saturated heterocycles. The third-order valence-corrected chi connectivity index (χ3v) is 8.62. The molecule has 3 aromatic carbocycles. The second-order valence-corrected chi connectivity index (χ2v) is 11.1. The molecule has 0 aliphatic carbocycles. The molecule has 1 amide bonds. The predicted molar refractivity (Wildman–Crippen MR) is 141 cm³/mol. The molecule has 9 nitrogen and oxygen atoms in total. The Morgan fingerprint density at radius 2 is 1.62 bits per heavy atom. The summed E-state index contributed by atoms with van der Waals surface area (Å²) in [5, 5.41) is 9.70. The van der Waals surface area contributed by atoms with Crippen molar-refractivity contribution in [1.82, 2.24) is 9.21 Å². The van der Waals surface area contributed by atoms with Crippen LogP contribution >= 0.6 is 11.6 Å². The fourth-order valence-electron chi connectivity index (χ4n) is 4.36. The number of hydrogen-bond donors (Lipinski definition) is 2. The van der Waals surface area contributed by atoms with Crippen LogP contribution in [0.15, 0.2) is 65.6 Å². The van der Waals surface area contributed by atoms with Crippen molar-refractivity contribution < 1.29 is 22.7 Å². The molecule has 1 heterocycles. The lowest BCUT2D eigenvalue weighted by atomic mass is 9.94. The number of nitrogens with zero attached hydrogens (tertiary/aromatic N) is 2. The summed E-state index contributed by atoms with van der Waals surface area (Å²) in [7, 11) is -2.49. The topological polar surface area (TPSA) is 134 Å². The molecule has 3 aromatic rings. The van der Waals surface area contributed by atoms with E-state index in [4.69, 9.17) is 27.5 Å². The number of carbonyl (C=O) groups excluding carboxylic acids is 2. The normalized spacial score (nSPS) is 15.4. The van der Waals surface area contributed by atoms with Crippen molar-refractivity contribution in [3.8, 4) is 0 Å². The van der Waals surface area contributed by atoms with Crippen LogP contribution in [0.4, 0.5) is 0 Å². The summed E-state index contributed by atoms with van der Waals surface area (Å²) in [5.41, 5.74) is 6.57. The maximum Gasteiger partial charge on any atom is 0.313 e. The minimum absolute atomic E-state index is 0.0989. The smallest absolute Gasteiger partial charge is 0.313 e. The summed E-state index contributed by atoms with van der Waals surface area (Å²) in [4.78, 5) is 27.3. The molecular weight excluding hydrogens is 516 g/mol. The zero-order valence-corrected chi connectivity index (χ0v) is 21.8. The molecular formula is C26H27ClN4O5S. The second kappa shape index (κ2) is 10.9. The first-order valence-corrected chi connectivity index (χ1v) is 13.4. The van der Waals surface area contributed by atoms with Gasteiger partial charge in [-0.1, -0.05) is 48.0 Å². The molecule has 11 heteroatoms. The van der Waals surface area contributed by atoms with E-state index in [1.54, 1.807) is 65.6 Å². The third kappa shape index (κ3) is 5.76. The number of piperazine rings is 1. The molecule has 0 saturated carbocycles. The lowest BCUT2D eigenvalue weighted by Gasteiger charge is -2.34. The van der Waals surface area contributed by atoms with Gasteiger partial charge >= 0.3 is 5.97 Å². The van der Waals surface area contributed by atoms with Gasteiger partial charge in [0.05, 0.1) is 17.9 Å². The van der Waals surface area contributed by atoms with Crippen LogP contribution in [-0.4, -0.2) is 68.6 Å². The number of sulfonamides is 1. The van der Waals surface area contributed by atoms with Crippen LogP contribution in [0.5, 0.6) is 0 Å². The number of ether oxygens (including phenoxy) is 1. The molecule has 0 bridgehead atoms. The van der Waals surface area contributed by atoms with Crippen LogP contribution < -0.4 is 5.73 Å². The van der Waals surface area contributed by atoms with Crippen molar-refractivity contribution in [3.63, 3.8) is 0 Å². The second-order valence-electron chi connectivity index (χ2n) is 8.75. The summed E-state index contributed by atoms with van der Waals surface area (Å²) in [6.45, 7) is 0.697. The number of halogens is 1. The van der Waals surface area contributed by atoms with Crippen LogP contribution in [-0.2, 0) is 24.3 Å². The SMILES string of the molecule is COC(=O)C(CC(=O)N1CCN(S(=O)(=O)c2ccc3cc(Cl)ccc3c2)CC1)c1ccc(C(=N)N)cc1. The number of nitrogens with one attached hydrogen (secondary N) is 1. The van der Waals surface area contributed by atoms with Crippen LogP contribution in [0, 0.1) is 5.41 Å². The lowest BCUT2D eigenvalue weighted by Crippen LogP contribution is -2.50. The standard InChI is InChI=1S/C26H27ClN4O5S/c1-36-26(33)23(17-2-4-18(5-3-17)25(28)29)16-24(32)30-10-12-31(13-11-30)37(34,35)22-9-7-19-14-21(27)8-6-20(19)15-22/h2-9,14-15,23H,10-13,16H2,1H3,(H3,28,29). The molecule has 1 aliphatic rings. The van der Waals surface area contributed by atoms with E-state index in [9.17, 15) is 18.0 Å².